The smallest absolute Gasteiger partial charge is 0.262 e. The Morgan fingerprint density at radius 1 is 1.00 bits per heavy atom. The molecule has 138 valence electrons. The topological polar surface area (TPSA) is 64.1 Å². The molecule has 0 aliphatic rings. The lowest BCUT2D eigenvalue weighted by atomic mass is 10.2. The lowest BCUT2D eigenvalue weighted by Crippen LogP contribution is -2.21. The molecule has 27 heavy (non-hydrogen) atoms. The Bertz CT molecular complexity index is 978. The van der Waals surface area contributed by atoms with E-state index >= 15 is 0 Å². The Morgan fingerprint density at radius 2 is 1.70 bits per heavy atom. The third kappa shape index (κ3) is 4.81. The van der Waals surface area contributed by atoms with Gasteiger partial charge < -0.3 is 10.1 Å². The first-order valence-electron chi connectivity index (χ1n) is 7.90. The maximum atomic E-state index is 13.5. The molecule has 0 radical (unpaired) electrons. The maximum Gasteiger partial charge on any atom is 0.262 e. The van der Waals surface area contributed by atoms with E-state index in [1.807, 2.05) is 0 Å². The number of carbonyl (C=O) groups excluding carboxylic acids is 1. The van der Waals surface area contributed by atoms with Crippen LogP contribution in [0.1, 0.15) is 5.69 Å². The van der Waals surface area contributed by atoms with Gasteiger partial charge in [0.15, 0.2) is 12.4 Å². The molecule has 1 amide bonds. The van der Waals surface area contributed by atoms with E-state index in [1.54, 1.807) is 6.92 Å². The quantitative estimate of drug-likeness (QED) is 0.737. The highest BCUT2D eigenvalue weighted by Gasteiger charge is 2.11. The Labute approximate surface area is 152 Å². The van der Waals surface area contributed by atoms with Gasteiger partial charge >= 0.3 is 0 Å². The van der Waals surface area contributed by atoms with Gasteiger partial charge in [0, 0.05) is 23.4 Å². The SMILES string of the molecule is Cc1cc(OCC(=O)Nc2cc(F)ccc2F)nc(-c2ccc(F)cc2)n1. The zero-order valence-corrected chi connectivity index (χ0v) is 14.2. The summed E-state index contributed by atoms with van der Waals surface area (Å²) in [5.74, 6) is -2.08. The standard InChI is InChI=1S/C19H14F3N3O2/c1-11-8-18(25-19(23-11)12-2-4-13(20)5-3-12)27-10-17(26)24-16-9-14(21)6-7-15(16)22/h2-9H,10H2,1H3,(H,24,26). The summed E-state index contributed by atoms with van der Waals surface area (Å²) in [7, 11) is 0. The number of aryl methyl sites for hydroxylation is 1. The number of rotatable bonds is 5. The third-order valence-corrected chi connectivity index (χ3v) is 3.49. The summed E-state index contributed by atoms with van der Waals surface area (Å²) in [6.45, 7) is 1.25. The molecule has 0 bridgehead atoms. The molecule has 0 aliphatic heterocycles. The average molecular weight is 373 g/mol. The predicted molar refractivity (Wildman–Crippen MR) is 92.6 cm³/mol. The van der Waals surface area contributed by atoms with Gasteiger partial charge in [0.1, 0.15) is 17.5 Å². The summed E-state index contributed by atoms with van der Waals surface area (Å²) >= 11 is 0. The summed E-state index contributed by atoms with van der Waals surface area (Å²) in [5.41, 5.74) is 0.876. The Balaban J connectivity index is 1.69. The maximum absolute atomic E-state index is 13.5. The van der Waals surface area contributed by atoms with Crippen molar-refractivity contribution in [3.05, 3.63) is 71.7 Å². The molecule has 8 heteroatoms. The summed E-state index contributed by atoms with van der Waals surface area (Å²) in [6.07, 6.45) is 0. The van der Waals surface area contributed by atoms with Gasteiger partial charge in [-0.1, -0.05) is 0 Å². The van der Waals surface area contributed by atoms with Crippen molar-refractivity contribution >= 4 is 11.6 Å². The van der Waals surface area contributed by atoms with Crippen molar-refractivity contribution in [2.75, 3.05) is 11.9 Å². The number of halogens is 3. The fourth-order valence-corrected chi connectivity index (χ4v) is 2.26. The number of nitrogens with one attached hydrogen (secondary N) is 1. The molecule has 0 saturated carbocycles. The number of hydrogen-bond donors (Lipinski definition) is 1. The molecule has 0 atom stereocenters. The highest BCUT2D eigenvalue weighted by atomic mass is 19.1. The van der Waals surface area contributed by atoms with E-state index in [4.69, 9.17) is 4.74 Å². The Hall–Kier alpha value is -3.42. The summed E-state index contributed by atoms with van der Waals surface area (Å²) < 4.78 is 45.0. The fourth-order valence-electron chi connectivity index (χ4n) is 2.26. The van der Waals surface area contributed by atoms with E-state index in [0.29, 0.717) is 17.1 Å². The lowest BCUT2D eigenvalue weighted by Gasteiger charge is -2.09. The summed E-state index contributed by atoms with van der Waals surface area (Å²) in [5, 5.41) is 2.22. The molecule has 2 aromatic carbocycles. The van der Waals surface area contributed by atoms with Gasteiger partial charge in [-0.05, 0) is 43.3 Å². The molecule has 1 N–H and O–H groups in total. The molecule has 1 heterocycles. The molecule has 3 aromatic rings. The molecular formula is C19H14F3N3O2. The van der Waals surface area contributed by atoms with Crippen LogP contribution in [0.4, 0.5) is 18.9 Å². The van der Waals surface area contributed by atoms with Crippen LogP contribution in [0.3, 0.4) is 0 Å². The minimum Gasteiger partial charge on any atom is -0.467 e. The van der Waals surface area contributed by atoms with Crippen LogP contribution in [0, 0.1) is 24.4 Å². The van der Waals surface area contributed by atoms with E-state index in [9.17, 15) is 18.0 Å². The fraction of sp³-hybridized carbons (Fsp3) is 0.105. The van der Waals surface area contributed by atoms with Crippen molar-refractivity contribution in [1.82, 2.24) is 9.97 Å². The van der Waals surface area contributed by atoms with Crippen molar-refractivity contribution in [3.8, 4) is 17.3 Å². The number of anilines is 1. The van der Waals surface area contributed by atoms with Gasteiger partial charge in [-0.25, -0.2) is 18.2 Å². The number of carbonyl (C=O) groups is 1. The Kier molecular flexibility index (Phi) is 5.35. The molecule has 3 rings (SSSR count). The van der Waals surface area contributed by atoms with Gasteiger partial charge in [0.2, 0.25) is 5.88 Å². The minimum absolute atomic E-state index is 0.122. The summed E-state index contributed by atoms with van der Waals surface area (Å²) in [6, 6.07) is 9.85. The van der Waals surface area contributed by atoms with E-state index in [0.717, 1.165) is 18.2 Å². The third-order valence-electron chi connectivity index (χ3n) is 3.49. The van der Waals surface area contributed by atoms with Crippen LogP contribution in [0.15, 0.2) is 48.5 Å². The Morgan fingerprint density at radius 3 is 2.44 bits per heavy atom. The highest BCUT2D eigenvalue weighted by molar-refractivity contribution is 5.91. The van der Waals surface area contributed by atoms with Gasteiger partial charge in [-0.2, -0.15) is 4.98 Å². The number of nitrogens with zero attached hydrogens (tertiary/aromatic N) is 2. The first-order chi connectivity index (χ1) is 12.9. The van der Waals surface area contributed by atoms with Crippen LogP contribution < -0.4 is 10.1 Å². The van der Waals surface area contributed by atoms with Crippen molar-refractivity contribution in [3.63, 3.8) is 0 Å². The molecule has 0 saturated heterocycles. The van der Waals surface area contributed by atoms with Gasteiger partial charge in [-0.15, -0.1) is 0 Å². The number of aromatic nitrogens is 2. The number of amides is 1. The first kappa shape index (κ1) is 18.4. The molecule has 0 unspecified atom stereocenters. The van der Waals surface area contributed by atoms with Gasteiger partial charge in [-0.3, -0.25) is 4.79 Å². The monoisotopic (exact) mass is 373 g/mol. The largest absolute Gasteiger partial charge is 0.467 e. The van der Waals surface area contributed by atoms with E-state index in [1.165, 1.54) is 30.3 Å². The zero-order valence-electron chi connectivity index (χ0n) is 14.2. The van der Waals surface area contributed by atoms with E-state index in [2.05, 4.69) is 15.3 Å². The first-order valence-corrected chi connectivity index (χ1v) is 7.90. The van der Waals surface area contributed by atoms with Crippen molar-refractivity contribution < 1.29 is 22.7 Å². The van der Waals surface area contributed by atoms with Crippen molar-refractivity contribution in [2.24, 2.45) is 0 Å². The van der Waals surface area contributed by atoms with Crippen LogP contribution in [0.2, 0.25) is 0 Å². The van der Waals surface area contributed by atoms with Crippen LogP contribution >= 0.6 is 0 Å². The summed E-state index contributed by atoms with van der Waals surface area (Å²) in [4.78, 5) is 20.3. The second-order valence-corrected chi connectivity index (χ2v) is 5.64. The van der Waals surface area contributed by atoms with Crippen molar-refractivity contribution in [1.29, 1.82) is 0 Å². The number of hydrogen-bond acceptors (Lipinski definition) is 4. The van der Waals surface area contributed by atoms with Crippen LogP contribution in [-0.4, -0.2) is 22.5 Å². The van der Waals surface area contributed by atoms with Crippen molar-refractivity contribution in [2.45, 2.75) is 6.92 Å². The van der Waals surface area contributed by atoms with E-state index < -0.39 is 24.1 Å². The molecular weight excluding hydrogens is 359 g/mol. The molecule has 0 aliphatic carbocycles. The van der Waals surface area contributed by atoms with Gasteiger partial charge in [0.25, 0.3) is 5.91 Å². The number of benzene rings is 2. The van der Waals surface area contributed by atoms with E-state index in [-0.39, 0.29) is 17.4 Å². The van der Waals surface area contributed by atoms with Crippen LogP contribution in [-0.2, 0) is 4.79 Å². The normalized spacial score (nSPS) is 10.5. The highest BCUT2D eigenvalue weighted by Crippen LogP contribution is 2.20. The average Bonchev–Trinajstić information content (AvgIpc) is 2.63. The molecule has 1 aromatic heterocycles. The van der Waals surface area contributed by atoms with Crippen LogP contribution in [0.5, 0.6) is 5.88 Å². The minimum atomic E-state index is -0.763. The molecule has 5 nitrogen and oxygen atoms in total. The molecule has 0 fully saturated rings. The van der Waals surface area contributed by atoms with Crippen LogP contribution in [0.25, 0.3) is 11.4 Å². The zero-order chi connectivity index (χ0) is 19.4. The second-order valence-electron chi connectivity index (χ2n) is 5.64. The number of ether oxygens (including phenoxy) is 1. The predicted octanol–water partition coefficient (Wildman–Crippen LogP) is 3.89. The lowest BCUT2D eigenvalue weighted by molar-refractivity contribution is -0.118. The second kappa shape index (κ2) is 7.86. The molecule has 0 spiro atoms. The van der Waals surface area contributed by atoms with Gasteiger partial charge in [0.05, 0.1) is 5.69 Å².